The Hall–Kier alpha value is -5.58. The van der Waals surface area contributed by atoms with E-state index in [9.17, 15) is 0 Å². The van der Waals surface area contributed by atoms with E-state index >= 15 is 0 Å². The van der Waals surface area contributed by atoms with Gasteiger partial charge in [-0.05, 0) is 80.6 Å². The molecule has 0 radical (unpaired) electrons. The van der Waals surface area contributed by atoms with E-state index in [2.05, 4.69) is 144 Å². The Kier molecular flexibility index (Phi) is 7.55. The topological polar surface area (TPSA) is 38.7 Å². The van der Waals surface area contributed by atoms with Crippen molar-refractivity contribution in [1.82, 2.24) is 15.0 Å². The molecule has 7 aromatic rings. The van der Waals surface area contributed by atoms with Crippen LogP contribution < -0.4 is 0 Å². The molecule has 218 valence electrons. The lowest BCUT2D eigenvalue weighted by Gasteiger charge is -2.13. The van der Waals surface area contributed by atoms with E-state index in [1.807, 2.05) is 36.3 Å². The summed E-state index contributed by atoms with van der Waals surface area (Å²) in [7, 11) is 0. The van der Waals surface area contributed by atoms with Crippen LogP contribution in [0.15, 0.2) is 163 Å². The van der Waals surface area contributed by atoms with Gasteiger partial charge in [-0.1, -0.05) is 109 Å². The second-order valence-corrected chi connectivity index (χ2v) is 12.2. The Morgan fingerprint density at radius 2 is 1.11 bits per heavy atom. The maximum Gasteiger partial charge on any atom is 0.160 e. The Morgan fingerprint density at radius 3 is 1.87 bits per heavy atom. The highest BCUT2D eigenvalue weighted by Crippen LogP contribution is 2.33. The predicted octanol–water partition coefficient (Wildman–Crippen LogP) is 11.0. The van der Waals surface area contributed by atoms with E-state index in [1.54, 1.807) is 0 Å². The number of rotatable bonds is 6. The van der Waals surface area contributed by atoms with Gasteiger partial charge >= 0.3 is 0 Å². The molecule has 3 nitrogen and oxygen atoms in total. The molecule has 0 aliphatic carbocycles. The first kappa shape index (κ1) is 27.9. The molecule has 0 atom stereocenters. The van der Waals surface area contributed by atoms with Gasteiger partial charge in [0.1, 0.15) is 0 Å². The van der Waals surface area contributed by atoms with E-state index in [4.69, 9.17) is 9.97 Å². The van der Waals surface area contributed by atoms with Crippen LogP contribution in [0.1, 0.15) is 5.56 Å². The molecule has 0 spiro atoms. The van der Waals surface area contributed by atoms with Crippen molar-refractivity contribution in [3.05, 3.63) is 169 Å². The van der Waals surface area contributed by atoms with E-state index in [-0.39, 0.29) is 0 Å². The Labute approximate surface area is 273 Å². The van der Waals surface area contributed by atoms with Crippen LogP contribution in [0.5, 0.6) is 0 Å². The summed E-state index contributed by atoms with van der Waals surface area (Å²) in [5.74, 6) is 1.69. The van der Waals surface area contributed by atoms with Crippen LogP contribution in [0.25, 0.3) is 72.5 Å². The summed E-state index contributed by atoms with van der Waals surface area (Å²) in [6.45, 7) is 0. The monoisotopic (exact) mass is 607 g/mol. The number of benzene rings is 5. The SMILES string of the molecule is C1=CSCC(c2cccc(-c3cccc(-c4nc(-c5ccccc5)cc(-c5cccc(-c6ccc7ccncc7c6)c5)n4)c3)c2)=C1. The van der Waals surface area contributed by atoms with E-state index < -0.39 is 0 Å². The van der Waals surface area contributed by atoms with Crippen molar-refractivity contribution < 1.29 is 0 Å². The molecule has 1 aliphatic heterocycles. The highest BCUT2D eigenvalue weighted by atomic mass is 32.2. The van der Waals surface area contributed by atoms with E-state index in [0.29, 0.717) is 5.82 Å². The van der Waals surface area contributed by atoms with Gasteiger partial charge in [-0.15, -0.1) is 11.8 Å². The molecular weight excluding hydrogens is 579 g/mol. The number of pyridine rings is 1. The zero-order chi connectivity index (χ0) is 30.7. The summed E-state index contributed by atoms with van der Waals surface area (Å²) in [5.41, 5.74) is 12.1. The molecule has 0 N–H and O–H groups in total. The number of hydrogen-bond acceptors (Lipinski definition) is 4. The van der Waals surface area contributed by atoms with Gasteiger partial charge in [0.25, 0.3) is 0 Å². The first-order valence-corrected chi connectivity index (χ1v) is 16.4. The van der Waals surface area contributed by atoms with E-state index in [1.165, 1.54) is 22.1 Å². The molecule has 2 aromatic heterocycles. The minimum atomic E-state index is 0.702. The van der Waals surface area contributed by atoms with E-state index in [0.717, 1.165) is 55.9 Å². The number of aromatic nitrogens is 3. The molecule has 8 rings (SSSR count). The van der Waals surface area contributed by atoms with Gasteiger partial charge in [0.05, 0.1) is 11.4 Å². The van der Waals surface area contributed by atoms with Gasteiger partial charge in [0.15, 0.2) is 5.82 Å². The maximum absolute atomic E-state index is 5.17. The average Bonchev–Trinajstić information content (AvgIpc) is 3.15. The average molecular weight is 608 g/mol. The van der Waals surface area contributed by atoms with Crippen LogP contribution in [-0.2, 0) is 0 Å². The Balaban J connectivity index is 1.21. The second-order valence-electron chi connectivity index (χ2n) is 11.3. The standard InChI is InChI=1S/C42H29N3S/c1-2-8-30(9-3-1)40-26-41(36-14-5-11-32(23-36)35-18-17-29-19-20-43-27-39(29)25-35)45-42(44-40)37-15-6-12-33(24-37)31-10-4-13-34(22-31)38-16-7-21-46-28-38/h1-27H,28H2. The first-order valence-electron chi connectivity index (χ1n) is 15.3. The summed E-state index contributed by atoms with van der Waals surface area (Å²) >= 11 is 1.83. The Morgan fingerprint density at radius 1 is 0.478 bits per heavy atom. The van der Waals surface area contributed by atoms with Crippen molar-refractivity contribution in [2.75, 3.05) is 5.75 Å². The smallest absolute Gasteiger partial charge is 0.160 e. The van der Waals surface area contributed by atoms with Crippen LogP contribution in [0.4, 0.5) is 0 Å². The van der Waals surface area contributed by atoms with Gasteiger partial charge in [-0.2, -0.15) is 0 Å². The molecule has 0 saturated heterocycles. The van der Waals surface area contributed by atoms with Crippen LogP contribution in [-0.4, -0.2) is 20.7 Å². The lowest BCUT2D eigenvalue weighted by molar-refractivity contribution is 1.18. The highest BCUT2D eigenvalue weighted by Gasteiger charge is 2.13. The van der Waals surface area contributed by atoms with Gasteiger partial charge in [-0.25, -0.2) is 9.97 Å². The first-order chi connectivity index (χ1) is 22.8. The molecule has 0 fully saturated rings. The molecule has 46 heavy (non-hydrogen) atoms. The lowest BCUT2D eigenvalue weighted by atomic mass is 9.97. The van der Waals surface area contributed by atoms with Gasteiger partial charge in [-0.3, -0.25) is 4.98 Å². The second kappa shape index (κ2) is 12.4. The van der Waals surface area contributed by atoms with Crippen molar-refractivity contribution in [2.45, 2.75) is 0 Å². The fourth-order valence-electron chi connectivity index (χ4n) is 5.92. The molecule has 0 amide bonds. The molecule has 4 heteroatoms. The molecule has 0 bridgehead atoms. The number of nitrogens with zero attached hydrogens (tertiary/aromatic N) is 3. The zero-order valence-corrected chi connectivity index (χ0v) is 25.9. The Bertz CT molecular complexity index is 2270. The van der Waals surface area contributed by atoms with Crippen molar-refractivity contribution in [3.8, 4) is 56.2 Å². The largest absolute Gasteiger partial charge is 0.264 e. The minimum Gasteiger partial charge on any atom is -0.264 e. The minimum absolute atomic E-state index is 0.702. The molecule has 0 saturated carbocycles. The number of thioether (sulfide) groups is 1. The predicted molar refractivity (Wildman–Crippen MR) is 194 cm³/mol. The number of allylic oxidation sites excluding steroid dienone is 2. The third kappa shape index (κ3) is 5.79. The molecular formula is C42H29N3S. The lowest BCUT2D eigenvalue weighted by Crippen LogP contribution is -1.96. The van der Waals surface area contributed by atoms with Crippen LogP contribution in [0.2, 0.25) is 0 Å². The summed E-state index contributed by atoms with van der Waals surface area (Å²) in [5, 5.41) is 4.45. The molecule has 1 aliphatic rings. The number of fused-ring (bicyclic) bond motifs is 1. The summed E-state index contributed by atoms with van der Waals surface area (Å²) in [6, 6.07) is 47.0. The van der Waals surface area contributed by atoms with Crippen molar-refractivity contribution in [3.63, 3.8) is 0 Å². The van der Waals surface area contributed by atoms with Crippen molar-refractivity contribution >= 4 is 28.1 Å². The van der Waals surface area contributed by atoms with Gasteiger partial charge in [0, 0.05) is 40.2 Å². The van der Waals surface area contributed by atoms with Gasteiger partial charge in [0.2, 0.25) is 0 Å². The summed E-state index contributed by atoms with van der Waals surface area (Å²) < 4.78 is 0. The summed E-state index contributed by atoms with van der Waals surface area (Å²) in [4.78, 5) is 14.6. The molecule has 3 heterocycles. The maximum atomic E-state index is 5.17. The van der Waals surface area contributed by atoms with Crippen LogP contribution >= 0.6 is 11.8 Å². The number of hydrogen-bond donors (Lipinski definition) is 0. The van der Waals surface area contributed by atoms with Crippen molar-refractivity contribution in [1.29, 1.82) is 0 Å². The highest BCUT2D eigenvalue weighted by molar-refractivity contribution is 8.02. The molecule has 0 unspecified atom stereocenters. The fraction of sp³-hybridized carbons (Fsp3) is 0.0238. The van der Waals surface area contributed by atoms with Crippen LogP contribution in [0, 0.1) is 0 Å². The third-order valence-electron chi connectivity index (χ3n) is 8.33. The quantitative estimate of drug-likeness (QED) is 0.188. The van der Waals surface area contributed by atoms with Gasteiger partial charge < -0.3 is 0 Å². The summed E-state index contributed by atoms with van der Waals surface area (Å²) in [6.07, 6.45) is 8.08. The zero-order valence-electron chi connectivity index (χ0n) is 25.0. The van der Waals surface area contributed by atoms with Crippen molar-refractivity contribution in [2.24, 2.45) is 0 Å². The fourth-order valence-corrected chi connectivity index (χ4v) is 6.64. The normalized spacial score (nSPS) is 12.7. The molecule has 5 aromatic carbocycles. The third-order valence-corrected chi connectivity index (χ3v) is 9.15. The van der Waals surface area contributed by atoms with Crippen LogP contribution in [0.3, 0.4) is 0 Å².